The molecule has 3 N–H and O–H groups in total. The number of rotatable bonds is 6. The summed E-state index contributed by atoms with van der Waals surface area (Å²) < 4.78 is 0. The molecule has 1 aromatic rings. The van der Waals surface area contributed by atoms with Gasteiger partial charge in [0.05, 0.1) is 0 Å². The summed E-state index contributed by atoms with van der Waals surface area (Å²) in [6.07, 6.45) is 4.52. The predicted molar refractivity (Wildman–Crippen MR) is 85.8 cm³/mol. The molecule has 1 saturated heterocycles. The van der Waals surface area contributed by atoms with Crippen LogP contribution in [-0.4, -0.2) is 29.6 Å². The highest BCUT2D eigenvalue weighted by Crippen LogP contribution is 2.30. The lowest BCUT2D eigenvalue weighted by Gasteiger charge is -2.44. The number of likely N-dealkylation sites (tertiary alicyclic amines) is 1. The summed E-state index contributed by atoms with van der Waals surface area (Å²) in [5, 5.41) is 0.827. The molecule has 1 aromatic carbocycles. The first kappa shape index (κ1) is 15.8. The Morgan fingerprint density at radius 1 is 1.35 bits per heavy atom. The normalized spacial score (nSPS) is 20.8. The zero-order valence-electron chi connectivity index (χ0n) is 12.5. The van der Waals surface area contributed by atoms with Gasteiger partial charge in [-0.1, -0.05) is 36.7 Å². The van der Waals surface area contributed by atoms with Crippen LogP contribution in [0.15, 0.2) is 24.3 Å². The van der Waals surface area contributed by atoms with Crippen molar-refractivity contribution in [1.29, 1.82) is 0 Å². The zero-order chi connectivity index (χ0) is 14.6. The summed E-state index contributed by atoms with van der Waals surface area (Å²) in [7, 11) is 0. The van der Waals surface area contributed by atoms with Gasteiger partial charge in [0.25, 0.3) is 0 Å². The molecule has 0 spiro atoms. The minimum absolute atomic E-state index is 0.0738. The molecule has 0 bridgehead atoms. The van der Waals surface area contributed by atoms with E-state index in [1.807, 2.05) is 18.2 Å². The molecule has 1 aliphatic rings. The minimum atomic E-state index is 0.0738. The summed E-state index contributed by atoms with van der Waals surface area (Å²) in [5.74, 6) is 5.88. The number of hydrazine groups is 1. The average Bonchev–Trinajstić information content (AvgIpc) is 3.00. The Balaban J connectivity index is 2.19. The minimum Gasteiger partial charge on any atom is -0.296 e. The van der Waals surface area contributed by atoms with E-state index in [4.69, 9.17) is 17.4 Å². The van der Waals surface area contributed by atoms with Crippen LogP contribution in [0.4, 0.5) is 0 Å². The van der Waals surface area contributed by atoms with Crippen molar-refractivity contribution in [3.63, 3.8) is 0 Å². The van der Waals surface area contributed by atoms with Crippen LogP contribution < -0.4 is 11.3 Å². The van der Waals surface area contributed by atoms with E-state index in [2.05, 4.69) is 30.2 Å². The van der Waals surface area contributed by atoms with Gasteiger partial charge in [0, 0.05) is 16.6 Å². The zero-order valence-corrected chi connectivity index (χ0v) is 13.3. The lowest BCUT2D eigenvalue weighted by atomic mass is 9.84. The lowest BCUT2D eigenvalue weighted by Crippen LogP contribution is -2.61. The molecule has 1 heterocycles. The molecule has 1 aliphatic heterocycles. The Morgan fingerprint density at radius 2 is 2.00 bits per heavy atom. The summed E-state index contributed by atoms with van der Waals surface area (Å²) in [5.41, 5.74) is 4.28. The number of halogens is 1. The smallest absolute Gasteiger partial charge is 0.0438 e. The number of hydrogen-bond acceptors (Lipinski definition) is 3. The maximum Gasteiger partial charge on any atom is 0.0438 e. The topological polar surface area (TPSA) is 41.3 Å². The Kier molecular flexibility index (Phi) is 5.44. The van der Waals surface area contributed by atoms with Gasteiger partial charge in [0.15, 0.2) is 0 Å². The molecule has 0 amide bonds. The molecule has 0 radical (unpaired) electrons. The Morgan fingerprint density at radius 3 is 2.55 bits per heavy atom. The molecule has 112 valence electrons. The SMILES string of the molecule is CCC(C)(C(Cc1ccccc1Cl)NN)N1CCCC1. The van der Waals surface area contributed by atoms with E-state index < -0.39 is 0 Å². The Hall–Kier alpha value is -0.610. The van der Waals surface area contributed by atoms with Crippen LogP contribution in [0.3, 0.4) is 0 Å². The fourth-order valence-electron chi connectivity index (χ4n) is 3.26. The largest absolute Gasteiger partial charge is 0.296 e. The van der Waals surface area contributed by atoms with Crippen LogP contribution in [0.5, 0.6) is 0 Å². The van der Waals surface area contributed by atoms with Gasteiger partial charge in [-0.15, -0.1) is 0 Å². The van der Waals surface area contributed by atoms with E-state index in [0.29, 0.717) is 0 Å². The van der Waals surface area contributed by atoms with Crippen LogP contribution in [0, 0.1) is 0 Å². The average molecular weight is 296 g/mol. The molecule has 1 fully saturated rings. The van der Waals surface area contributed by atoms with Crippen LogP contribution >= 0.6 is 11.6 Å². The third-order valence-corrected chi connectivity index (χ3v) is 5.25. The predicted octanol–water partition coefficient (Wildman–Crippen LogP) is 2.98. The molecule has 2 unspecified atom stereocenters. The molecule has 4 heteroatoms. The van der Waals surface area contributed by atoms with Gasteiger partial charge >= 0.3 is 0 Å². The van der Waals surface area contributed by atoms with Crippen molar-refractivity contribution in [2.45, 2.75) is 51.1 Å². The summed E-state index contributed by atoms with van der Waals surface area (Å²) in [6, 6.07) is 8.24. The maximum absolute atomic E-state index is 6.30. The Bertz CT molecular complexity index is 431. The first-order valence-corrected chi connectivity index (χ1v) is 7.94. The van der Waals surface area contributed by atoms with Crippen molar-refractivity contribution in [2.24, 2.45) is 5.84 Å². The molecular formula is C16H26ClN3. The number of benzene rings is 1. The Labute approximate surface area is 127 Å². The van der Waals surface area contributed by atoms with Gasteiger partial charge in [-0.2, -0.15) is 0 Å². The van der Waals surface area contributed by atoms with Crippen molar-refractivity contribution in [1.82, 2.24) is 10.3 Å². The highest BCUT2D eigenvalue weighted by molar-refractivity contribution is 6.31. The molecule has 20 heavy (non-hydrogen) atoms. The van der Waals surface area contributed by atoms with Crippen molar-refractivity contribution >= 4 is 11.6 Å². The molecule has 0 aromatic heterocycles. The first-order chi connectivity index (χ1) is 9.61. The van der Waals surface area contributed by atoms with Crippen LogP contribution in [-0.2, 0) is 6.42 Å². The summed E-state index contributed by atoms with van der Waals surface area (Å²) in [4.78, 5) is 2.58. The van der Waals surface area contributed by atoms with Crippen molar-refractivity contribution in [3.05, 3.63) is 34.9 Å². The van der Waals surface area contributed by atoms with Gasteiger partial charge in [0.2, 0.25) is 0 Å². The van der Waals surface area contributed by atoms with Crippen molar-refractivity contribution < 1.29 is 0 Å². The van der Waals surface area contributed by atoms with E-state index in [1.165, 1.54) is 25.9 Å². The molecule has 0 saturated carbocycles. The van der Waals surface area contributed by atoms with Gasteiger partial charge in [-0.25, -0.2) is 0 Å². The standard InChI is InChI=1S/C16H26ClN3/c1-3-16(2,20-10-6-7-11-20)15(19-18)12-13-8-4-5-9-14(13)17/h4-5,8-9,15,19H,3,6-7,10-12,18H2,1-2H3. The molecule has 2 atom stereocenters. The fraction of sp³-hybridized carbons (Fsp3) is 0.625. The molecule has 0 aliphatic carbocycles. The number of nitrogens with zero attached hydrogens (tertiary/aromatic N) is 1. The summed E-state index contributed by atoms with van der Waals surface area (Å²) in [6.45, 7) is 6.91. The first-order valence-electron chi connectivity index (χ1n) is 7.56. The van der Waals surface area contributed by atoms with Gasteiger partial charge in [-0.05, 0) is 57.3 Å². The monoisotopic (exact) mass is 295 g/mol. The van der Waals surface area contributed by atoms with Gasteiger partial charge in [-0.3, -0.25) is 16.2 Å². The second kappa shape index (κ2) is 6.90. The van der Waals surface area contributed by atoms with Gasteiger partial charge in [0.1, 0.15) is 0 Å². The number of nitrogens with two attached hydrogens (primary N) is 1. The number of nitrogens with one attached hydrogen (secondary N) is 1. The van der Waals surface area contributed by atoms with E-state index in [0.717, 1.165) is 23.4 Å². The second-order valence-corrected chi connectivity index (χ2v) is 6.33. The van der Waals surface area contributed by atoms with E-state index in [9.17, 15) is 0 Å². The van der Waals surface area contributed by atoms with Crippen molar-refractivity contribution in [3.8, 4) is 0 Å². The van der Waals surface area contributed by atoms with Crippen LogP contribution in [0.25, 0.3) is 0 Å². The highest BCUT2D eigenvalue weighted by atomic mass is 35.5. The van der Waals surface area contributed by atoms with Gasteiger partial charge < -0.3 is 0 Å². The van der Waals surface area contributed by atoms with Crippen molar-refractivity contribution in [2.75, 3.05) is 13.1 Å². The molecule has 2 rings (SSSR count). The maximum atomic E-state index is 6.30. The third-order valence-electron chi connectivity index (χ3n) is 4.88. The highest BCUT2D eigenvalue weighted by Gasteiger charge is 2.39. The number of hydrogen-bond donors (Lipinski definition) is 2. The second-order valence-electron chi connectivity index (χ2n) is 5.92. The molecule has 3 nitrogen and oxygen atoms in total. The van der Waals surface area contributed by atoms with E-state index >= 15 is 0 Å². The van der Waals surface area contributed by atoms with Crippen LogP contribution in [0.2, 0.25) is 5.02 Å². The van der Waals surface area contributed by atoms with Crippen LogP contribution in [0.1, 0.15) is 38.7 Å². The summed E-state index contributed by atoms with van der Waals surface area (Å²) >= 11 is 6.30. The van der Waals surface area contributed by atoms with E-state index in [-0.39, 0.29) is 11.6 Å². The third kappa shape index (κ3) is 3.17. The fourth-order valence-corrected chi connectivity index (χ4v) is 3.47. The molecular weight excluding hydrogens is 270 g/mol. The quantitative estimate of drug-likeness (QED) is 0.626. The van der Waals surface area contributed by atoms with E-state index in [1.54, 1.807) is 0 Å². The lowest BCUT2D eigenvalue weighted by molar-refractivity contribution is 0.0841.